The number of esters is 2. The first-order valence-corrected chi connectivity index (χ1v) is 25.1. The highest BCUT2D eigenvalue weighted by molar-refractivity contribution is 8.00. The van der Waals surface area contributed by atoms with Crippen LogP contribution < -0.4 is 9.64 Å². The van der Waals surface area contributed by atoms with Gasteiger partial charge in [-0.25, -0.2) is 4.79 Å². The van der Waals surface area contributed by atoms with Gasteiger partial charge in [0.2, 0.25) is 23.6 Å². The molecule has 9 unspecified atom stereocenters. The minimum absolute atomic E-state index is 0.0212. The molecular weight excluding hydrogens is 918 g/mol. The van der Waals surface area contributed by atoms with Crippen LogP contribution in [0.4, 0.5) is 5.69 Å². The van der Waals surface area contributed by atoms with E-state index in [0.29, 0.717) is 30.8 Å². The summed E-state index contributed by atoms with van der Waals surface area (Å²) < 4.78 is 29.6. The third kappa shape index (κ3) is 11.8. The molecule has 4 bridgehead atoms. The number of benzene rings is 1. The number of hydrogen-bond donors (Lipinski definition) is 1. The molecule has 0 spiro atoms. The van der Waals surface area contributed by atoms with Crippen molar-refractivity contribution in [3.05, 3.63) is 46.5 Å². The zero-order chi connectivity index (χ0) is 49.8. The van der Waals surface area contributed by atoms with E-state index in [0.717, 1.165) is 36.8 Å². The van der Waals surface area contributed by atoms with Crippen molar-refractivity contribution < 1.29 is 62.4 Å². The number of hydrogen-bond acceptors (Lipinski definition) is 14. The third-order valence-electron chi connectivity index (χ3n) is 14.7. The molecule has 16 nitrogen and oxygen atoms in total. The zero-order valence-electron chi connectivity index (χ0n) is 40.7. The Hall–Kier alpha value is -4.29. The molecule has 0 aromatic heterocycles. The fourth-order valence-electron chi connectivity index (χ4n) is 10.1. The molecule has 4 fully saturated rings. The van der Waals surface area contributed by atoms with Gasteiger partial charge in [-0.3, -0.25) is 33.7 Å². The van der Waals surface area contributed by atoms with Crippen molar-refractivity contribution in [2.45, 2.75) is 152 Å². The quantitative estimate of drug-likeness (QED) is 0.141. The number of ketones is 1. The summed E-state index contributed by atoms with van der Waals surface area (Å²) >= 11 is 8.05. The van der Waals surface area contributed by atoms with E-state index in [1.54, 1.807) is 45.2 Å². The Bertz CT molecular complexity index is 2180. The molecule has 0 radical (unpaired) electrons. The number of fused-ring (bicyclic) bond motifs is 5. The van der Waals surface area contributed by atoms with E-state index < -0.39 is 76.6 Å². The van der Waals surface area contributed by atoms with Gasteiger partial charge in [0.1, 0.15) is 52.1 Å². The molecule has 18 heteroatoms. The third-order valence-corrected chi connectivity index (χ3v) is 16.3. The molecule has 6 rings (SSSR count). The minimum atomic E-state index is -1.62. The topological polar surface area (TPSA) is 199 Å². The van der Waals surface area contributed by atoms with Gasteiger partial charge in [0.15, 0.2) is 0 Å². The number of carbonyl (C=O) groups is 7. The lowest BCUT2D eigenvalue weighted by atomic mass is 9.78. The van der Waals surface area contributed by atoms with Crippen LogP contribution in [0.3, 0.4) is 0 Å². The highest BCUT2D eigenvalue weighted by atomic mass is 35.5. The Morgan fingerprint density at radius 3 is 2.44 bits per heavy atom. The molecule has 68 heavy (non-hydrogen) atoms. The van der Waals surface area contributed by atoms with Gasteiger partial charge in [0.25, 0.3) is 0 Å². The Morgan fingerprint density at radius 2 is 1.78 bits per heavy atom. The van der Waals surface area contributed by atoms with E-state index in [1.165, 1.54) is 54.7 Å². The first kappa shape index (κ1) is 53.1. The maximum atomic E-state index is 14.3. The van der Waals surface area contributed by atoms with Gasteiger partial charge in [-0.2, -0.15) is 0 Å². The number of nitrogens with zero attached hydrogens (tertiary/aromatic N) is 3. The van der Waals surface area contributed by atoms with Crippen LogP contribution in [0.5, 0.6) is 5.75 Å². The molecular formula is C50H68ClN3O13S. The lowest BCUT2D eigenvalue weighted by molar-refractivity contribution is -0.187. The SMILES string of the molecule is CCC(=O)C1CCC(CN2C(=O)CC(SCCC(=O)N(C)C(C)C(=O)OC3CC(=O)N(C)c4cc(cc(OC)c4Cl)C/C(C)=C/C=C/C(OC)C4(O)CC(=O)OC(C4)C(C)C4OC34C)C2=O)CC1. The van der Waals surface area contributed by atoms with Crippen LogP contribution >= 0.6 is 23.4 Å². The van der Waals surface area contributed by atoms with Crippen LogP contribution in [0.2, 0.25) is 5.02 Å². The van der Waals surface area contributed by atoms with Crippen LogP contribution in [-0.4, -0.2) is 144 Å². The second-order valence-electron chi connectivity index (χ2n) is 19.4. The Kier molecular flexibility index (Phi) is 17.3. The summed E-state index contributed by atoms with van der Waals surface area (Å²) in [6.07, 6.45) is 5.21. The van der Waals surface area contributed by atoms with Crippen LogP contribution in [0, 0.1) is 17.8 Å². The van der Waals surface area contributed by atoms with Gasteiger partial charge in [0, 0.05) is 71.0 Å². The maximum absolute atomic E-state index is 14.3. The number of likely N-dealkylation sites (N-methyl/N-ethyl adjacent to an activating group) is 1. The number of aliphatic hydroxyl groups is 1. The minimum Gasteiger partial charge on any atom is -0.495 e. The molecule has 1 saturated carbocycles. The number of amides is 4. The molecule has 1 aliphatic carbocycles. The Balaban J connectivity index is 1.15. The average Bonchev–Trinajstić information content (AvgIpc) is 3.94. The van der Waals surface area contributed by atoms with Crippen LogP contribution in [0.1, 0.15) is 104 Å². The normalized spacial score (nSPS) is 32.9. The lowest BCUT2D eigenvalue weighted by Gasteiger charge is -2.41. The van der Waals surface area contributed by atoms with Crippen molar-refractivity contribution in [2.24, 2.45) is 17.8 Å². The summed E-state index contributed by atoms with van der Waals surface area (Å²) in [5, 5.41) is 11.5. The standard InChI is InChI=1S/C50H68ClN3O13S/c1-10-35(55)33-16-14-31(15-17-33)27-54-43(58)23-38(47(54)60)68-19-18-41(56)52(6)30(4)48(61)66-40-24-42(57)53(7)34-21-32(22-36(63-8)45(34)51)20-28(2)12-11-13-39(64-9)50(62)25-37(65-44(59)26-50)29(3)46-49(40,5)67-46/h11-13,21-22,29-31,33,37-40,46,62H,10,14-20,23-27H2,1-9H3/b13-11+,28-12+. The van der Waals surface area contributed by atoms with Gasteiger partial charge in [-0.15, -0.1) is 11.8 Å². The molecule has 4 heterocycles. The molecule has 1 aromatic carbocycles. The second kappa shape index (κ2) is 22.2. The number of methoxy groups -OCH3 is 2. The van der Waals surface area contributed by atoms with Crippen molar-refractivity contribution in [2.75, 3.05) is 45.5 Å². The monoisotopic (exact) mass is 985 g/mol. The van der Waals surface area contributed by atoms with Crippen LogP contribution in [0.15, 0.2) is 35.9 Å². The summed E-state index contributed by atoms with van der Waals surface area (Å²) in [6, 6.07) is 2.46. The first-order chi connectivity index (χ1) is 32.1. The first-order valence-electron chi connectivity index (χ1n) is 23.7. The molecule has 1 aromatic rings. The fourth-order valence-corrected chi connectivity index (χ4v) is 11.5. The number of likely N-dealkylation sites (tertiary alicyclic amines) is 1. The number of allylic oxidation sites excluding steroid dienone is 3. The summed E-state index contributed by atoms with van der Waals surface area (Å²) in [5.74, 6) is -2.26. The smallest absolute Gasteiger partial charge is 0.328 e. The average molecular weight is 987 g/mol. The summed E-state index contributed by atoms with van der Waals surface area (Å²) in [7, 11) is 5.97. The van der Waals surface area contributed by atoms with Crippen molar-refractivity contribution in [1.82, 2.24) is 9.80 Å². The lowest BCUT2D eigenvalue weighted by Crippen LogP contribution is -2.53. The fraction of sp³-hybridized carbons (Fsp3) is 0.660. The molecule has 9 atom stereocenters. The predicted octanol–water partition coefficient (Wildman–Crippen LogP) is 5.80. The van der Waals surface area contributed by atoms with E-state index in [9.17, 15) is 38.7 Å². The maximum Gasteiger partial charge on any atom is 0.328 e. The summed E-state index contributed by atoms with van der Waals surface area (Å²) in [5.41, 5.74) is -0.816. The number of imide groups is 1. The molecule has 4 aliphatic heterocycles. The highest BCUT2D eigenvalue weighted by Crippen LogP contribution is 2.50. The van der Waals surface area contributed by atoms with Crippen molar-refractivity contribution in [1.29, 1.82) is 0 Å². The van der Waals surface area contributed by atoms with Crippen molar-refractivity contribution >= 4 is 70.4 Å². The second-order valence-corrected chi connectivity index (χ2v) is 21.1. The summed E-state index contributed by atoms with van der Waals surface area (Å²) in [4.78, 5) is 97.5. The Morgan fingerprint density at radius 1 is 1.07 bits per heavy atom. The number of thioether (sulfide) groups is 1. The van der Waals surface area contributed by atoms with Gasteiger partial charge in [-0.1, -0.05) is 49.2 Å². The molecule has 3 saturated heterocycles. The number of epoxide rings is 1. The molecule has 374 valence electrons. The highest BCUT2D eigenvalue weighted by Gasteiger charge is 2.64. The van der Waals surface area contributed by atoms with Crippen molar-refractivity contribution in [3.8, 4) is 5.75 Å². The number of rotatable bonds is 13. The van der Waals surface area contributed by atoms with E-state index in [4.69, 9.17) is 35.3 Å². The Labute approximate surface area is 408 Å². The summed E-state index contributed by atoms with van der Waals surface area (Å²) in [6.45, 7) is 9.16. The van der Waals surface area contributed by atoms with Gasteiger partial charge < -0.3 is 38.6 Å². The van der Waals surface area contributed by atoms with Gasteiger partial charge >= 0.3 is 11.9 Å². The number of ether oxygens (including phenoxy) is 5. The number of anilines is 1. The van der Waals surface area contributed by atoms with Crippen molar-refractivity contribution in [3.63, 3.8) is 0 Å². The molecule has 4 amide bonds. The van der Waals surface area contributed by atoms with E-state index in [1.807, 2.05) is 19.9 Å². The van der Waals surface area contributed by atoms with Gasteiger partial charge in [-0.05, 0) is 76.5 Å². The number of Topliss-reactive ketones (excluding diaryl/α,β-unsaturated/α-hetero) is 1. The largest absolute Gasteiger partial charge is 0.495 e. The van der Waals surface area contributed by atoms with Crippen LogP contribution in [-0.2, 0) is 58.9 Å². The van der Waals surface area contributed by atoms with E-state index in [2.05, 4.69) is 0 Å². The zero-order valence-corrected chi connectivity index (χ0v) is 42.3. The number of carbonyl (C=O) groups excluding carboxylic acids is 7. The molecule has 1 N–H and O–H groups in total. The predicted molar refractivity (Wildman–Crippen MR) is 255 cm³/mol. The number of halogens is 1. The van der Waals surface area contributed by atoms with E-state index >= 15 is 0 Å². The van der Waals surface area contributed by atoms with Crippen LogP contribution in [0.25, 0.3) is 0 Å². The van der Waals surface area contributed by atoms with Gasteiger partial charge in [0.05, 0.1) is 37.0 Å². The molecule has 5 aliphatic rings. The van der Waals surface area contributed by atoms with E-state index in [-0.39, 0.29) is 72.3 Å².